The highest BCUT2D eigenvalue weighted by molar-refractivity contribution is 7.17. The summed E-state index contributed by atoms with van der Waals surface area (Å²) in [6.45, 7) is 3.50. The maximum atomic E-state index is 12.7. The number of likely N-dealkylation sites (tertiary alicyclic amines) is 1. The molecule has 7 nitrogen and oxygen atoms in total. The van der Waals surface area contributed by atoms with Gasteiger partial charge in [-0.05, 0) is 44.2 Å². The first-order valence-electron chi connectivity index (χ1n) is 9.26. The zero-order valence-corrected chi connectivity index (χ0v) is 15.5. The molecule has 26 heavy (non-hydrogen) atoms. The van der Waals surface area contributed by atoms with Crippen molar-refractivity contribution in [3.63, 3.8) is 0 Å². The van der Waals surface area contributed by atoms with Gasteiger partial charge in [-0.3, -0.25) is 14.2 Å². The summed E-state index contributed by atoms with van der Waals surface area (Å²) < 4.78 is 1.75. The zero-order valence-electron chi connectivity index (χ0n) is 14.7. The number of amides is 1. The number of aromatic nitrogens is 3. The van der Waals surface area contributed by atoms with Crippen LogP contribution in [0.5, 0.6) is 0 Å². The fourth-order valence-electron chi connectivity index (χ4n) is 3.79. The molecule has 2 aromatic rings. The average molecular weight is 373 g/mol. The van der Waals surface area contributed by atoms with Gasteiger partial charge in [0, 0.05) is 38.3 Å². The van der Waals surface area contributed by atoms with Crippen molar-refractivity contribution in [3.05, 3.63) is 24.0 Å². The summed E-state index contributed by atoms with van der Waals surface area (Å²) >= 11 is 1.48. The number of nitrogens with zero attached hydrogens (tertiary/aromatic N) is 5. The lowest BCUT2D eigenvalue weighted by molar-refractivity contribution is -0.137. The molecule has 8 heteroatoms. The number of aldehydes is 1. The standard InChI is InChI=1S/C18H23N5O2S/c24-13-15-5-4-10-23(15)18-20-19-17(26-18)22-11-6-14(7-12-22)16(25)21-8-2-1-3-9-21/h4-5,10,13-14H,1-3,6-9,11-12H2. The van der Waals surface area contributed by atoms with Crippen molar-refractivity contribution < 1.29 is 9.59 Å². The summed E-state index contributed by atoms with van der Waals surface area (Å²) in [5.74, 6) is 0.480. The first-order valence-corrected chi connectivity index (χ1v) is 10.1. The van der Waals surface area contributed by atoms with Gasteiger partial charge < -0.3 is 9.80 Å². The predicted octanol–water partition coefficient (Wildman–Crippen LogP) is 2.37. The van der Waals surface area contributed by atoms with Crippen LogP contribution in [-0.2, 0) is 4.79 Å². The molecule has 2 aliphatic rings. The minimum atomic E-state index is 0.142. The Labute approximate surface area is 156 Å². The number of hydrogen-bond donors (Lipinski definition) is 0. The van der Waals surface area contributed by atoms with Crippen molar-refractivity contribution in [2.75, 3.05) is 31.1 Å². The second-order valence-corrected chi connectivity index (χ2v) is 7.87. The van der Waals surface area contributed by atoms with Crippen molar-refractivity contribution in [1.29, 1.82) is 0 Å². The molecule has 1 amide bonds. The van der Waals surface area contributed by atoms with Crippen molar-refractivity contribution >= 4 is 28.7 Å². The van der Waals surface area contributed by atoms with E-state index in [2.05, 4.69) is 20.0 Å². The van der Waals surface area contributed by atoms with E-state index in [1.807, 2.05) is 12.3 Å². The maximum Gasteiger partial charge on any atom is 0.225 e. The molecule has 2 fully saturated rings. The SMILES string of the molecule is O=Cc1cccn1-c1nnc(N2CCC(C(=O)N3CCCCC3)CC2)s1. The molecule has 4 rings (SSSR count). The fourth-order valence-corrected chi connectivity index (χ4v) is 4.69. The van der Waals surface area contributed by atoms with Crippen LogP contribution >= 0.6 is 11.3 Å². The van der Waals surface area contributed by atoms with Gasteiger partial charge in [-0.1, -0.05) is 11.3 Å². The molecule has 0 radical (unpaired) electrons. The van der Waals surface area contributed by atoms with Gasteiger partial charge in [0.05, 0.1) is 5.69 Å². The van der Waals surface area contributed by atoms with Crippen molar-refractivity contribution in [2.45, 2.75) is 32.1 Å². The smallest absolute Gasteiger partial charge is 0.225 e. The van der Waals surface area contributed by atoms with Crippen molar-refractivity contribution in [3.8, 4) is 5.13 Å². The average Bonchev–Trinajstić information content (AvgIpc) is 3.37. The highest BCUT2D eigenvalue weighted by Crippen LogP contribution is 2.29. The number of anilines is 1. The third kappa shape index (κ3) is 3.38. The number of carbonyl (C=O) groups is 2. The van der Waals surface area contributed by atoms with Crippen LogP contribution in [0, 0.1) is 5.92 Å². The highest BCUT2D eigenvalue weighted by atomic mass is 32.1. The molecule has 0 saturated carbocycles. The normalized spacial score (nSPS) is 18.9. The predicted molar refractivity (Wildman–Crippen MR) is 100.0 cm³/mol. The Morgan fingerprint density at radius 1 is 1.08 bits per heavy atom. The lowest BCUT2D eigenvalue weighted by Crippen LogP contribution is -2.44. The van der Waals surface area contributed by atoms with E-state index in [0.717, 1.165) is 63.3 Å². The molecule has 4 heterocycles. The first kappa shape index (κ1) is 17.2. The van der Waals surface area contributed by atoms with E-state index in [1.54, 1.807) is 10.6 Å². The summed E-state index contributed by atoms with van der Waals surface area (Å²) in [4.78, 5) is 28.0. The molecule has 0 aliphatic carbocycles. The van der Waals surface area contributed by atoms with E-state index >= 15 is 0 Å². The largest absolute Gasteiger partial charge is 0.347 e. The van der Waals surface area contributed by atoms with Crippen molar-refractivity contribution in [1.82, 2.24) is 19.7 Å². The molecule has 0 atom stereocenters. The van der Waals surface area contributed by atoms with Crippen LogP contribution in [0.1, 0.15) is 42.6 Å². The number of piperidine rings is 2. The highest BCUT2D eigenvalue weighted by Gasteiger charge is 2.30. The Morgan fingerprint density at radius 2 is 1.81 bits per heavy atom. The quantitative estimate of drug-likeness (QED) is 0.770. The molecule has 0 unspecified atom stereocenters. The Morgan fingerprint density at radius 3 is 2.54 bits per heavy atom. The van der Waals surface area contributed by atoms with Gasteiger partial charge in [0.25, 0.3) is 0 Å². The summed E-state index contributed by atoms with van der Waals surface area (Å²) in [5.41, 5.74) is 0.568. The monoisotopic (exact) mass is 373 g/mol. The van der Waals surface area contributed by atoms with E-state index in [-0.39, 0.29) is 5.92 Å². The topological polar surface area (TPSA) is 71.3 Å². The molecule has 2 aromatic heterocycles. The molecule has 2 aliphatic heterocycles. The molecule has 0 bridgehead atoms. The van der Waals surface area contributed by atoms with Gasteiger partial charge in [0.15, 0.2) is 6.29 Å². The third-order valence-electron chi connectivity index (χ3n) is 5.29. The summed E-state index contributed by atoms with van der Waals surface area (Å²) in [6.07, 6.45) is 7.90. The summed E-state index contributed by atoms with van der Waals surface area (Å²) in [7, 11) is 0. The summed E-state index contributed by atoms with van der Waals surface area (Å²) in [5, 5.41) is 10.1. The van der Waals surface area contributed by atoms with Crippen molar-refractivity contribution in [2.24, 2.45) is 5.92 Å². The van der Waals surface area contributed by atoms with Gasteiger partial charge in [0.2, 0.25) is 16.2 Å². The Hall–Kier alpha value is -2.22. The van der Waals surface area contributed by atoms with Gasteiger partial charge >= 0.3 is 0 Å². The lowest BCUT2D eigenvalue weighted by Gasteiger charge is -2.35. The van der Waals surface area contributed by atoms with E-state index in [1.165, 1.54) is 17.8 Å². The maximum absolute atomic E-state index is 12.7. The van der Waals surface area contributed by atoms with Crippen LogP contribution < -0.4 is 4.90 Å². The molecule has 2 saturated heterocycles. The molecular formula is C18H23N5O2S. The van der Waals surface area contributed by atoms with Crippen LogP contribution in [-0.4, -0.2) is 58.0 Å². The number of hydrogen-bond acceptors (Lipinski definition) is 6. The molecule has 0 spiro atoms. The second-order valence-electron chi connectivity index (χ2n) is 6.94. The zero-order chi connectivity index (χ0) is 17.9. The first-order chi connectivity index (χ1) is 12.8. The van der Waals surface area contributed by atoms with Gasteiger partial charge in [0.1, 0.15) is 0 Å². The van der Waals surface area contributed by atoms with Crippen LogP contribution in [0.4, 0.5) is 5.13 Å². The Kier molecular flexibility index (Phi) is 5.01. The van der Waals surface area contributed by atoms with Crippen LogP contribution in [0.15, 0.2) is 18.3 Å². The Balaban J connectivity index is 1.38. The molecule has 0 aromatic carbocycles. The van der Waals surface area contributed by atoms with Crippen LogP contribution in [0.3, 0.4) is 0 Å². The summed E-state index contributed by atoms with van der Waals surface area (Å²) in [6, 6.07) is 3.58. The number of rotatable bonds is 4. The Bertz CT molecular complexity index is 772. The minimum Gasteiger partial charge on any atom is -0.347 e. The van der Waals surface area contributed by atoms with Gasteiger partial charge in [-0.15, -0.1) is 10.2 Å². The van der Waals surface area contributed by atoms with Gasteiger partial charge in [-0.25, -0.2) is 0 Å². The van der Waals surface area contributed by atoms with Gasteiger partial charge in [-0.2, -0.15) is 0 Å². The fraction of sp³-hybridized carbons (Fsp3) is 0.556. The molecule has 138 valence electrons. The lowest BCUT2D eigenvalue weighted by atomic mass is 9.94. The van der Waals surface area contributed by atoms with E-state index in [4.69, 9.17) is 0 Å². The molecular weight excluding hydrogens is 350 g/mol. The third-order valence-corrected chi connectivity index (χ3v) is 6.28. The molecule has 0 N–H and O–H groups in total. The number of carbonyl (C=O) groups excluding carboxylic acids is 2. The minimum absolute atomic E-state index is 0.142. The second kappa shape index (κ2) is 7.57. The van der Waals surface area contributed by atoms with Crippen LogP contribution in [0.25, 0.3) is 5.13 Å². The van der Waals surface area contributed by atoms with E-state index < -0.39 is 0 Å². The van der Waals surface area contributed by atoms with E-state index in [9.17, 15) is 9.59 Å². The van der Waals surface area contributed by atoms with Crippen LogP contribution in [0.2, 0.25) is 0 Å². The van der Waals surface area contributed by atoms with E-state index in [0.29, 0.717) is 16.7 Å².